The van der Waals surface area contributed by atoms with E-state index in [0.717, 1.165) is 25.7 Å². The lowest BCUT2D eigenvalue weighted by molar-refractivity contribution is -0.125. The molecule has 0 saturated heterocycles. The Balaban J connectivity index is 2.51. The van der Waals surface area contributed by atoms with E-state index in [4.69, 9.17) is 10.8 Å². The van der Waals surface area contributed by atoms with Crippen molar-refractivity contribution in [1.29, 1.82) is 0 Å². The molecule has 0 radical (unpaired) electrons. The molecule has 3 nitrogen and oxygen atoms in total. The molecule has 0 aliphatic heterocycles. The first kappa shape index (κ1) is 8.53. The Kier molecular flexibility index (Phi) is 2.88. The van der Waals surface area contributed by atoms with Crippen LogP contribution >= 0.6 is 0 Å². The highest BCUT2D eigenvalue weighted by molar-refractivity contribution is 5.77. The Hall–Kier alpha value is -0.570. The number of aliphatic hydroxyl groups excluding tert-OH is 1. The van der Waals surface area contributed by atoms with Crippen molar-refractivity contribution in [2.24, 2.45) is 17.6 Å². The van der Waals surface area contributed by atoms with Crippen molar-refractivity contribution in [3.05, 3.63) is 0 Å². The summed E-state index contributed by atoms with van der Waals surface area (Å²) < 4.78 is 0. The number of amides is 1. The molecule has 1 fully saturated rings. The summed E-state index contributed by atoms with van der Waals surface area (Å²) >= 11 is 0. The van der Waals surface area contributed by atoms with Gasteiger partial charge in [0.2, 0.25) is 5.91 Å². The molecule has 0 aromatic heterocycles. The number of primary amides is 1. The summed E-state index contributed by atoms with van der Waals surface area (Å²) in [5.74, 6) is -0.196. The van der Waals surface area contributed by atoms with E-state index < -0.39 is 0 Å². The van der Waals surface area contributed by atoms with Gasteiger partial charge in [-0.05, 0) is 18.8 Å². The average molecular weight is 157 g/mol. The quantitative estimate of drug-likeness (QED) is 0.604. The summed E-state index contributed by atoms with van der Waals surface area (Å²) in [5.41, 5.74) is 5.18. The van der Waals surface area contributed by atoms with Crippen molar-refractivity contribution in [1.82, 2.24) is 0 Å². The minimum atomic E-state index is -0.247. The van der Waals surface area contributed by atoms with Crippen molar-refractivity contribution in [2.75, 3.05) is 6.61 Å². The lowest BCUT2D eigenvalue weighted by atomic mass is 9.79. The number of rotatable bonds is 2. The van der Waals surface area contributed by atoms with Crippen molar-refractivity contribution in [2.45, 2.75) is 25.7 Å². The maximum atomic E-state index is 10.8. The van der Waals surface area contributed by atoms with E-state index in [-0.39, 0.29) is 24.3 Å². The molecule has 1 aliphatic rings. The molecule has 64 valence electrons. The molecule has 3 heteroatoms. The van der Waals surface area contributed by atoms with E-state index >= 15 is 0 Å². The first-order valence-electron chi connectivity index (χ1n) is 4.16. The first-order chi connectivity index (χ1) is 5.25. The van der Waals surface area contributed by atoms with E-state index in [1.807, 2.05) is 0 Å². The normalized spacial score (nSPS) is 31.7. The SMILES string of the molecule is NC(=O)[C@@H]1CCCC[C@@H]1CO. The summed E-state index contributed by atoms with van der Waals surface area (Å²) in [5, 5.41) is 8.90. The van der Waals surface area contributed by atoms with E-state index in [9.17, 15) is 4.79 Å². The zero-order valence-corrected chi connectivity index (χ0v) is 6.62. The maximum Gasteiger partial charge on any atom is 0.220 e. The van der Waals surface area contributed by atoms with Gasteiger partial charge in [-0.15, -0.1) is 0 Å². The van der Waals surface area contributed by atoms with Gasteiger partial charge in [-0.25, -0.2) is 0 Å². The summed E-state index contributed by atoms with van der Waals surface area (Å²) in [6.45, 7) is 0.105. The second-order valence-electron chi connectivity index (χ2n) is 3.24. The summed E-state index contributed by atoms with van der Waals surface area (Å²) in [4.78, 5) is 10.8. The van der Waals surface area contributed by atoms with Crippen LogP contribution in [0.5, 0.6) is 0 Å². The average Bonchev–Trinajstić information content (AvgIpc) is 2.04. The van der Waals surface area contributed by atoms with Gasteiger partial charge in [-0.1, -0.05) is 12.8 Å². The van der Waals surface area contributed by atoms with Gasteiger partial charge >= 0.3 is 0 Å². The maximum absolute atomic E-state index is 10.8. The molecule has 1 aliphatic carbocycles. The van der Waals surface area contributed by atoms with Crippen LogP contribution in [0, 0.1) is 11.8 Å². The molecule has 3 N–H and O–H groups in total. The third-order valence-corrected chi connectivity index (χ3v) is 2.51. The van der Waals surface area contributed by atoms with Crippen molar-refractivity contribution < 1.29 is 9.90 Å². The fourth-order valence-corrected chi connectivity index (χ4v) is 1.80. The molecule has 1 amide bonds. The van der Waals surface area contributed by atoms with Crippen LogP contribution in [-0.4, -0.2) is 17.6 Å². The van der Waals surface area contributed by atoms with Crippen LogP contribution in [0.1, 0.15) is 25.7 Å². The van der Waals surface area contributed by atoms with Crippen LogP contribution in [0.15, 0.2) is 0 Å². The third-order valence-electron chi connectivity index (χ3n) is 2.51. The smallest absolute Gasteiger partial charge is 0.220 e. The highest BCUT2D eigenvalue weighted by atomic mass is 16.3. The Morgan fingerprint density at radius 2 is 2.09 bits per heavy atom. The third kappa shape index (κ3) is 1.93. The van der Waals surface area contributed by atoms with Gasteiger partial charge in [0.05, 0.1) is 0 Å². The number of aliphatic hydroxyl groups is 1. The van der Waals surface area contributed by atoms with Crippen LogP contribution in [0.3, 0.4) is 0 Å². The standard InChI is InChI=1S/C8H15NO2/c9-8(11)7-4-2-1-3-6(7)5-10/h6-7,10H,1-5H2,(H2,9,11)/t6-,7-/m1/s1. The second kappa shape index (κ2) is 3.72. The lowest BCUT2D eigenvalue weighted by Crippen LogP contribution is -2.34. The molecule has 1 rings (SSSR count). The van der Waals surface area contributed by atoms with Gasteiger partial charge < -0.3 is 10.8 Å². The number of carbonyl (C=O) groups excluding carboxylic acids is 1. The van der Waals surface area contributed by atoms with Crippen LogP contribution in [0.25, 0.3) is 0 Å². The fourth-order valence-electron chi connectivity index (χ4n) is 1.80. The van der Waals surface area contributed by atoms with Gasteiger partial charge in [-0.2, -0.15) is 0 Å². The van der Waals surface area contributed by atoms with Crippen LogP contribution < -0.4 is 5.73 Å². The Morgan fingerprint density at radius 1 is 1.45 bits per heavy atom. The lowest BCUT2D eigenvalue weighted by Gasteiger charge is -2.27. The van der Waals surface area contributed by atoms with Crippen molar-refractivity contribution >= 4 is 5.91 Å². The van der Waals surface area contributed by atoms with Gasteiger partial charge in [0.15, 0.2) is 0 Å². The second-order valence-corrected chi connectivity index (χ2v) is 3.24. The highest BCUT2D eigenvalue weighted by Gasteiger charge is 2.28. The minimum Gasteiger partial charge on any atom is -0.396 e. The zero-order valence-electron chi connectivity index (χ0n) is 6.62. The monoisotopic (exact) mass is 157 g/mol. The number of hydrogen-bond donors (Lipinski definition) is 2. The van der Waals surface area contributed by atoms with E-state index in [0.29, 0.717) is 0 Å². The highest BCUT2D eigenvalue weighted by Crippen LogP contribution is 2.29. The largest absolute Gasteiger partial charge is 0.396 e. The fraction of sp³-hybridized carbons (Fsp3) is 0.875. The first-order valence-corrected chi connectivity index (χ1v) is 4.16. The van der Waals surface area contributed by atoms with E-state index in [1.54, 1.807) is 0 Å². The zero-order chi connectivity index (χ0) is 8.27. The van der Waals surface area contributed by atoms with E-state index in [1.165, 1.54) is 0 Å². The topological polar surface area (TPSA) is 63.3 Å². The number of hydrogen-bond acceptors (Lipinski definition) is 2. The Labute approximate surface area is 66.6 Å². The molecule has 0 bridgehead atoms. The van der Waals surface area contributed by atoms with Gasteiger partial charge in [0, 0.05) is 12.5 Å². The predicted octanol–water partition coefficient (Wildman–Crippen LogP) is 0.270. The molecule has 11 heavy (non-hydrogen) atoms. The molecule has 0 heterocycles. The molecular weight excluding hydrogens is 142 g/mol. The molecule has 0 unspecified atom stereocenters. The summed E-state index contributed by atoms with van der Waals surface area (Å²) in [6.07, 6.45) is 4.00. The molecule has 0 aromatic carbocycles. The molecule has 0 spiro atoms. The van der Waals surface area contributed by atoms with Crippen LogP contribution in [-0.2, 0) is 4.79 Å². The van der Waals surface area contributed by atoms with Crippen LogP contribution in [0.4, 0.5) is 0 Å². The van der Waals surface area contributed by atoms with Crippen molar-refractivity contribution in [3.8, 4) is 0 Å². The van der Waals surface area contributed by atoms with E-state index in [2.05, 4.69) is 0 Å². The van der Waals surface area contributed by atoms with Gasteiger partial charge in [0.1, 0.15) is 0 Å². The van der Waals surface area contributed by atoms with Gasteiger partial charge in [0.25, 0.3) is 0 Å². The number of carbonyl (C=O) groups is 1. The van der Waals surface area contributed by atoms with Crippen molar-refractivity contribution in [3.63, 3.8) is 0 Å². The Morgan fingerprint density at radius 3 is 2.55 bits per heavy atom. The summed E-state index contributed by atoms with van der Waals surface area (Å²) in [6, 6.07) is 0. The Bertz CT molecular complexity index is 147. The molecule has 1 saturated carbocycles. The van der Waals surface area contributed by atoms with Crippen LogP contribution in [0.2, 0.25) is 0 Å². The summed E-state index contributed by atoms with van der Waals surface area (Å²) in [7, 11) is 0. The molecule has 0 aromatic rings. The molecular formula is C8H15NO2. The molecule has 2 atom stereocenters. The van der Waals surface area contributed by atoms with Gasteiger partial charge in [-0.3, -0.25) is 4.79 Å². The minimum absolute atomic E-state index is 0.0752. The predicted molar refractivity (Wildman–Crippen MR) is 41.7 cm³/mol. The number of nitrogens with two attached hydrogens (primary N) is 1.